The number of amides is 3. The Morgan fingerprint density at radius 1 is 1.42 bits per heavy atom. The molecule has 3 heterocycles. The van der Waals surface area contributed by atoms with Gasteiger partial charge in [0.2, 0.25) is 0 Å². The zero-order valence-corrected chi connectivity index (χ0v) is 13.3. The van der Waals surface area contributed by atoms with Crippen molar-refractivity contribution in [3.63, 3.8) is 0 Å². The van der Waals surface area contributed by atoms with Crippen LogP contribution in [-0.2, 0) is 11.3 Å². The number of aromatic nitrogens is 2. The minimum Gasteiger partial charge on any atom is -0.459 e. The number of rotatable bonds is 3. The van der Waals surface area contributed by atoms with Crippen LogP contribution in [-0.4, -0.2) is 32.5 Å². The minimum atomic E-state index is -0.775. The van der Waals surface area contributed by atoms with Crippen molar-refractivity contribution in [2.75, 3.05) is 0 Å². The highest BCUT2D eigenvalue weighted by atomic mass is 16.5. The van der Waals surface area contributed by atoms with Crippen LogP contribution in [0, 0.1) is 5.92 Å². The van der Waals surface area contributed by atoms with Gasteiger partial charge < -0.3 is 14.3 Å². The first-order valence-corrected chi connectivity index (χ1v) is 8.11. The molecule has 1 saturated carbocycles. The van der Waals surface area contributed by atoms with Crippen molar-refractivity contribution in [3.8, 4) is 11.7 Å². The fourth-order valence-electron chi connectivity index (χ4n) is 3.60. The summed E-state index contributed by atoms with van der Waals surface area (Å²) in [7, 11) is 0. The van der Waals surface area contributed by atoms with Gasteiger partial charge in [-0.1, -0.05) is 24.9 Å². The number of nitrogens with one attached hydrogen (secondary N) is 1. The van der Waals surface area contributed by atoms with Crippen LogP contribution in [0.1, 0.15) is 38.4 Å². The molecule has 0 unspecified atom stereocenters. The van der Waals surface area contributed by atoms with Crippen LogP contribution in [0.15, 0.2) is 27.3 Å². The SMILES string of the molecule is C[C@H]1CCCC[C@@]12NC(=O)N(Cc1noc(-c3ccco3)n1)C2=O. The number of carbonyl (C=O) groups is 2. The second-order valence-electron chi connectivity index (χ2n) is 6.43. The molecule has 1 spiro atoms. The summed E-state index contributed by atoms with van der Waals surface area (Å²) < 4.78 is 10.3. The second kappa shape index (κ2) is 5.47. The van der Waals surface area contributed by atoms with Crippen molar-refractivity contribution in [2.24, 2.45) is 5.92 Å². The van der Waals surface area contributed by atoms with Gasteiger partial charge in [-0.3, -0.25) is 9.69 Å². The number of hydrogen-bond acceptors (Lipinski definition) is 6. The Balaban J connectivity index is 1.55. The highest BCUT2D eigenvalue weighted by Gasteiger charge is 2.55. The average molecular weight is 330 g/mol. The first kappa shape index (κ1) is 14.9. The Labute approximate surface area is 138 Å². The van der Waals surface area contributed by atoms with Gasteiger partial charge >= 0.3 is 6.03 Å². The van der Waals surface area contributed by atoms with Crippen molar-refractivity contribution in [3.05, 3.63) is 24.2 Å². The van der Waals surface area contributed by atoms with E-state index in [1.807, 2.05) is 6.92 Å². The normalized spacial score (nSPS) is 27.0. The molecule has 2 aromatic heterocycles. The lowest BCUT2D eigenvalue weighted by molar-refractivity contribution is -0.134. The highest BCUT2D eigenvalue weighted by molar-refractivity contribution is 6.07. The molecule has 126 valence electrons. The van der Waals surface area contributed by atoms with Gasteiger partial charge in [-0.25, -0.2) is 4.79 Å². The molecule has 0 aromatic carbocycles. The Kier molecular flexibility index (Phi) is 3.40. The van der Waals surface area contributed by atoms with Gasteiger partial charge in [-0.2, -0.15) is 4.98 Å². The third-order valence-electron chi connectivity index (χ3n) is 5.00. The molecular formula is C16H18N4O4. The molecule has 2 atom stereocenters. The third-order valence-corrected chi connectivity index (χ3v) is 5.00. The van der Waals surface area contributed by atoms with E-state index in [9.17, 15) is 9.59 Å². The Bertz CT molecular complexity index is 769. The maximum absolute atomic E-state index is 12.9. The number of nitrogens with zero attached hydrogens (tertiary/aromatic N) is 3. The fourth-order valence-corrected chi connectivity index (χ4v) is 3.60. The smallest absolute Gasteiger partial charge is 0.325 e. The molecule has 1 aliphatic carbocycles. The summed E-state index contributed by atoms with van der Waals surface area (Å²) in [4.78, 5) is 30.6. The summed E-state index contributed by atoms with van der Waals surface area (Å²) in [6.45, 7) is 2.01. The Morgan fingerprint density at radius 3 is 3.04 bits per heavy atom. The molecule has 4 rings (SSSR count). The molecule has 1 saturated heterocycles. The van der Waals surface area contributed by atoms with Crippen molar-refractivity contribution in [2.45, 2.75) is 44.7 Å². The van der Waals surface area contributed by atoms with Crippen LogP contribution in [0.4, 0.5) is 4.79 Å². The van der Waals surface area contributed by atoms with E-state index in [4.69, 9.17) is 8.94 Å². The summed E-state index contributed by atoms with van der Waals surface area (Å²) in [5, 5.41) is 6.74. The van der Waals surface area contributed by atoms with E-state index < -0.39 is 11.6 Å². The van der Waals surface area contributed by atoms with E-state index in [2.05, 4.69) is 15.5 Å². The van der Waals surface area contributed by atoms with Crippen molar-refractivity contribution >= 4 is 11.9 Å². The molecule has 24 heavy (non-hydrogen) atoms. The molecule has 2 aromatic rings. The number of hydrogen-bond donors (Lipinski definition) is 1. The van der Waals surface area contributed by atoms with Gasteiger partial charge in [0.1, 0.15) is 5.54 Å². The molecule has 3 amide bonds. The predicted octanol–water partition coefficient (Wildman–Crippen LogP) is 2.33. The molecule has 8 nitrogen and oxygen atoms in total. The molecule has 0 radical (unpaired) electrons. The summed E-state index contributed by atoms with van der Waals surface area (Å²) in [6, 6.07) is 3.02. The summed E-state index contributed by atoms with van der Waals surface area (Å²) >= 11 is 0. The molecule has 8 heteroatoms. The van der Waals surface area contributed by atoms with Gasteiger partial charge in [-0.15, -0.1) is 0 Å². The number of imide groups is 1. The van der Waals surface area contributed by atoms with Crippen LogP contribution in [0.25, 0.3) is 11.7 Å². The lowest BCUT2D eigenvalue weighted by atomic mass is 9.73. The van der Waals surface area contributed by atoms with Crippen molar-refractivity contribution in [1.82, 2.24) is 20.4 Å². The molecular weight excluding hydrogens is 312 g/mol. The first-order chi connectivity index (χ1) is 11.6. The van der Waals surface area contributed by atoms with E-state index in [1.54, 1.807) is 12.1 Å². The summed E-state index contributed by atoms with van der Waals surface area (Å²) in [5.74, 6) is 0.872. The molecule has 1 N–H and O–H groups in total. The highest BCUT2D eigenvalue weighted by Crippen LogP contribution is 2.38. The lowest BCUT2D eigenvalue weighted by Crippen LogP contribution is -2.53. The van der Waals surface area contributed by atoms with E-state index in [0.717, 1.165) is 19.3 Å². The predicted molar refractivity (Wildman–Crippen MR) is 81.4 cm³/mol. The second-order valence-corrected chi connectivity index (χ2v) is 6.43. The molecule has 0 bridgehead atoms. The number of carbonyl (C=O) groups excluding carboxylic acids is 2. The zero-order chi connectivity index (χ0) is 16.7. The first-order valence-electron chi connectivity index (χ1n) is 8.11. The topological polar surface area (TPSA) is 101 Å². The van der Waals surface area contributed by atoms with Gasteiger partial charge in [0.05, 0.1) is 12.8 Å². The van der Waals surface area contributed by atoms with E-state index in [1.165, 1.54) is 11.2 Å². The van der Waals surface area contributed by atoms with E-state index in [-0.39, 0.29) is 30.1 Å². The standard InChI is InChI=1S/C16H18N4O4/c1-10-5-2-3-7-16(10)14(21)20(15(22)18-16)9-12-17-13(24-19-12)11-6-4-8-23-11/h4,6,8,10H,2-3,5,7,9H2,1H3,(H,18,22)/t10-,16+/m0/s1. The zero-order valence-electron chi connectivity index (χ0n) is 13.3. The average Bonchev–Trinajstić information content (AvgIpc) is 3.28. The third kappa shape index (κ3) is 2.21. The summed E-state index contributed by atoms with van der Waals surface area (Å²) in [5.41, 5.74) is -0.775. The van der Waals surface area contributed by atoms with Crippen LogP contribution in [0.3, 0.4) is 0 Å². The lowest BCUT2D eigenvalue weighted by Gasteiger charge is -2.36. The summed E-state index contributed by atoms with van der Waals surface area (Å²) in [6.07, 6.45) is 5.15. The molecule has 2 fully saturated rings. The molecule has 1 aliphatic heterocycles. The van der Waals surface area contributed by atoms with Gasteiger partial charge in [-0.05, 0) is 30.9 Å². The maximum Gasteiger partial charge on any atom is 0.325 e. The number of urea groups is 1. The maximum atomic E-state index is 12.9. The quantitative estimate of drug-likeness (QED) is 0.867. The fraction of sp³-hybridized carbons (Fsp3) is 0.500. The van der Waals surface area contributed by atoms with Crippen molar-refractivity contribution in [1.29, 1.82) is 0 Å². The van der Waals surface area contributed by atoms with Gasteiger partial charge in [0.15, 0.2) is 11.6 Å². The van der Waals surface area contributed by atoms with Gasteiger partial charge in [0.25, 0.3) is 11.8 Å². The monoisotopic (exact) mass is 330 g/mol. The Morgan fingerprint density at radius 2 is 2.29 bits per heavy atom. The van der Waals surface area contributed by atoms with Crippen LogP contribution < -0.4 is 5.32 Å². The van der Waals surface area contributed by atoms with Crippen LogP contribution in [0.2, 0.25) is 0 Å². The van der Waals surface area contributed by atoms with Crippen LogP contribution >= 0.6 is 0 Å². The van der Waals surface area contributed by atoms with Gasteiger partial charge in [0, 0.05) is 0 Å². The van der Waals surface area contributed by atoms with E-state index in [0.29, 0.717) is 12.2 Å². The molecule has 2 aliphatic rings. The van der Waals surface area contributed by atoms with Crippen LogP contribution in [0.5, 0.6) is 0 Å². The number of furan rings is 1. The Hall–Kier alpha value is -2.64. The largest absolute Gasteiger partial charge is 0.459 e. The van der Waals surface area contributed by atoms with E-state index >= 15 is 0 Å². The van der Waals surface area contributed by atoms with Crippen molar-refractivity contribution < 1.29 is 18.5 Å². The minimum absolute atomic E-state index is 0.0106.